The number of amides is 2. The fourth-order valence-electron chi connectivity index (χ4n) is 3.53. The Kier molecular flexibility index (Phi) is 10.6. The molecule has 38 heavy (non-hydrogen) atoms. The van der Waals surface area contributed by atoms with E-state index in [9.17, 15) is 9.59 Å². The van der Waals surface area contributed by atoms with Crippen LogP contribution in [0.4, 0.5) is 11.4 Å². The highest BCUT2D eigenvalue weighted by molar-refractivity contribution is 6.07. The number of amidine groups is 2. The van der Waals surface area contributed by atoms with Crippen LogP contribution in [-0.4, -0.2) is 36.6 Å². The molecule has 2 amide bonds. The molecule has 0 aliphatic heterocycles. The predicted octanol–water partition coefficient (Wildman–Crippen LogP) is 5.20. The third-order valence-electron chi connectivity index (χ3n) is 5.87. The Morgan fingerprint density at radius 2 is 0.895 bits per heavy atom. The molecule has 0 saturated carbocycles. The minimum absolute atomic E-state index is 0.275. The molecule has 8 nitrogen and oxygen atoms in total. The van der Waals surface area contributed by atoms with Crippen molar-refractivity contribution >= 4 is 34.9 Å². The van der Waals surface area contributed by atoms with E-state index in [1.54, 1.807) is 48.5 Å². The molecule has 0 saturated heterocycles. The lowest BCUT2D eigenvalue weighted by Gasteiger charge is -2.09. The van der Waals surface area contributed by atoms with E-state index in [0.29, 0.717) is 47.3 Å². The van der Waals surface area contributed by atoms with Gasteiger partial charge in [-0.1, -0.05) is 26.7 Å². The molecule has 0 aromatic heterocycles. The maximum Gasteiger partial charge on any atom is 0.255 e. The van der Waals surface area contributed by atoms with Crippen molar-refractivity contribution in [2.24, 2.45) is 21.5 Å². The molecular weight excluding hydrogens is 476 g/mol. The van der Waals surface area contributed by atoms with Gasteiger partial charge in [0.25, 0.3) is 11.8 Å². The normalized spacial score (nSPS) is 11.7. The van der Waals surface area contributed by atoms with Crippen LogP contribution in [0.25, 0.3) is 0 Å². The summed E-state index contributed by atoms with van der Waals surface area (Å²) in [5.41, 5.74) is 15.8. The van der Waals surface area contributed by atoms with E-state index in [1.807, 2.05) is 24.3 Å². The molecule has 0 aliphatic rings. The smallest absolute Gasteiger partial charge is 0.255 e. The van der Waals surface area contributed by atoms with Crippen molar-refractivity contribution in [3.63, 3.8) is 0 Å². The highest BCUT2D eigenvalue weighted by atomic mass is 16.2. The summed E-state index contributed by atoms with van der Waals surface area (Å²) >= 11 is 0. The molecule has 0 radical (unpaired) electrons. The molecule has 0 atom stereocenters. The number of rotatable bonds is 12. The van der Waals surface area contributed by atoms with Crippen LogP contribution in [0.1, 0.15) is 71.4 Å². The summed E-state index contributed by atoms with van der Waals surface area (Å²) in [6.45, 7) is 5.61. The number of carbonyl (C=O) groups is 2. The van der Waals surface area contributed by atoms with Gasteiger partial charge in [-0.05, 0) is 85.6 Å². The first-order chi connectivity index (χ1) is 18.4. The average Bonchev–Trinajstić information content (AvgIpc) is 2.94. The number of nitrogens with zero attached hydrogens (tertiary/aromatic N) is 2. The summed E-state index contributed by atoms with van der Waals surface area (Å²) in [5.74, 6) is 0.425. The molecular formula is C30H36N6O2. The highest BCUT2D eigenvalue weighted by Gasteiger charge is 2.11. The lowest BCUT2D eigenvalue weighted by molar-refractivity contribution is 0.101. The Morgan fingerprint density at radius 3 is 1.21 bits per heavy atom. The molecule has 0 heterocycles. The summed E-state index contributed by atoms with van der Waals surface area (Å²) in [6.07, 6.45) is 4.11. The van der Waals surface area contributed by atoms with Gasteiger partial charge in [-0.15, -0.1) is 0 Å². The highest BCUT2D eigenvalue weighted by Crippen LogP contribution is 2.15. The monoisotopic (exact) mass is 512 g/mol. The third-order valence-corrected chi connectivity index (χ3v) is 5.87. The van der Waals surface area contributed by atoms with Crippen LogP contribution >= 0.6 is 0 Å². The summed E-state index contributed by atoms with van der Waals surface area (Å²) in [6, 6.07) is 20.9. The van der Waals surface area contributed by atoms with Gasteiger partial charge in [-0.3, -0.25) is 19.6 Å². The first kappa shape index (κ1) is 28.1. The first-order valence-electron chi connectivity index (χ1n) is 12.9. The van der Waals surface area contributed by atoms with E-state index in [4.69, 9.17) is 11.5 Å². The first-order valence-corrected chi connectivity index (χ1v) is 12.9. The standard InChI is InChI=1S/C30H36N6O2/c1-3-5-19-33-27(31)21-11-15-25(16-12-21)35-29(37)23-7-9-24(10-8-23)30(38)36-26-17-13-22(14-18-26)28(32)34-20-6-4-2/h7-18H,3-6,19-20H2,1-2H3,(H2,31,33)(H2,32,34)(H,35,37)(H,36,38). The van der Waals surface area contributed by atoms with Crippen molar-refractivity contribution in [2.45, 2.75) is 39.5 Å². The number of benzene rings is 3. The van der Waals surface area contributed by atoms with Crippen molar-refractivity contribution in [3.8, 4) is 0 Å². The molecule has 8 heteroatoms. The van der Waals surface area contributed by atoms with Crippen LogP contribution in [0.5, 0.6) is 0 Å². The van der Waals surface area contributed by atoms with Gasteiger partial charge in [0.05, 0.1) is 0 Å². The molecule has 0 spiro atoms. The zero-order valence-corrected chi connectivity index (χ0v) is 22.0. The number of aliphatic imine (C=N–C) groups is 2. The van der Waals surface area contributed by atoms with Crippen molar-refractivity contribution in [3.05, 3.63) is 95.1 Å². The van der Waals surface area contributed by atoms with Gasteiger partial charge in [0.2, 0.25) is 0 Å². The minimum Gasteiger partial charge on any atom is -0.384 e. The van der Waals surface area contributed by atoms with Crippen molar-refractivity contribution < 1.29 is 9.59 Å². The lowest BCUT2D eigenvalue weighted by Crippen LogP contribution is -2.16. The summed E-state index contributed by atoms with van der Waals surface area (Å²) in [5, 5.41) is 5.71. The Labute approximate surface area is 224 Å². The number of nitrogens with two attached hydrogens (primary N) is 2. The zero-order valence-electron chi connectivity index (χ0n) is 22.0. The van der Waals surface area contributed by atoms with E-state index >= 15 is 0 Å². The molecule has 0 unspecified atom stereocenters. The topological polar surface area (TPSA) is 135 Å². The van der Waals surface area contributed by atoms with Crippen molar-refractivity contribution in [1.82, 2.24) is 0 Å². The Morgan fingerprint density at radius 1 is 0.579 bits per heavy atom. The van der Waals surface area contributed by atoms with Crippen LogP contribution in [0, 0.1) is 0 Å². The summed E-state index contributed by atoms with van der Waals surface area (Å²) in [4.78, 5) is 34.1. The molecule has 198 valence electrons. The molecule has 0 fully saturated rings. The fraction of sp³-hybridized carbons (Fsp3) is 0.267. The predicted molar refractivity (Wildman–Crippen MR) is 156 cm³/mol. The van der Waals surface area contributed by atoms with Gasteiger partial charge in [0.1, 0.15) is 11.7 Å². The number of carbonyl (C=O) groups excluding carboxylic acids is 2. The van der Waals surface area contributed by atoms with Gasteiger partial charge in [0.15, 0.2) is 0 Å². The van der Waals surface area contributed by atoms with Gasteiger partial charge in [-0.25, -0.2) is 0 Å². The third kappa shape index (κ3) is 8.30. The van der Waals surface area contributed by atoms with Crippen molar-refractivity contribution in [1.29, 1.82) is 0 Å². The van der Waals surface area contributed by atoms with E-state index in [0.717, 1.165) is 36.8 Å². The van der Waals surface area contributed by atoms with Crippen LogP contribution < -0.4 is 22.1 Å². The molecule has 3 rings (SSSR count). The SMILES string of the molecule is CCCCN=C(N)c1ccc(NC(=O)c2ccc(C(=O)Nc3ccc(C(N)=NCCCC)cc3)cc2)cc1. The molecule has 0 bridgehead atoms. The van der Waals surface area contributed by atoms with Crippen LogP contribution in [0.15, 0.2) is 82.8 Å². The number of hydrogen-bond donors (Lipinski definition) is 4. The summed E-state index contributed by atoms with van der Waals surface area (Å²) < 4.78 is 0. The maximum atomic E-state index is 12.7. The Hall–Kier alpha value is -4.46. The van der Waals surface area contributed by atoms with Gasteiger partial charge < -0.3 is 22.1 Å². The summed E-state index contributed by atoms with van der Waals surface area (Å²) in [7, 11) is 0. The second kappa shape index (κ2) is 14.3. The fourth-order valence-corrected chi connectivity index (χ4v) is 3.53. The average molecular weight is 513 g/mol. The van der Waals surface area contributed by atoms with Gasteiger partial charge in [-0.2, -0.15) is 0 Å². The van der Waals surface area contributed by atoms with E-state index < -0.39 is 0 Å². The number of nitrogens with one attached hydrogen (secondary N) is 2. The second-order valence-corrected chi connectivity index (χ2v) is 8.88. The van der Waals surface area contributed by atoms with Crippen molar-refractivity contribution in [2.75, 3.05) is 23.7 Å². The van der Waals surface area contributed by atoms with Crippen LogP contribution in [0.3, 0.4) is 0 Å². The maximum absolute atomic E-state index is 12.7. The Bertz CT molecular complexity index is 1160. The van der Waals surface area contributed by atoms with E-state index in [-0.39, 0.29) is 11.8 Å². The van der Waals surface area contributed by atoms with Crippen LogP contribution in [0.2, 0.25) is 0 Å². The minimum atomic E-state index is -0.275. The van der Waals surface area contributed by atoms with Gasteiger partial charge in [0, 0.05) is 46.7 Å². The molecule has 3 aromatic carbocycles. The lowest BCUT2D eigenvalue weighted by atomic mass is 10.1. The largest absolute Gasteiger partial charge is 0.384 e. The molecule has 3 aromatic rings. The van der Waals surface area contributed by atoms with Gasteiger partial charge >= 0.3 is 0 Å². The Balaban J connectivity index is 1.55. The number of hydrogen-bond acceptors (Lipinski definition) is 4. The van der Waals surface area contributed by atoms with Crippen LogP contribution in [-0.2, 0) is 0 Å². The number of anilines is 2. The van der Waals surface area contributed by atoms with E-state index in [2.05, 4.69) is 34.5 Å². The molecule has 6 N–H and O–H groups in total. The zero-order chi connectivity index (χ0) is 27.3. The second-order valence-electron chi connectivity index (χ2n) is 8.88. The quantitative estimate of drug-likeness (QED) is 0.151. The molecule has 0 aliphatic carbocycles. The van der Waals surface area contributed by atoms with E-state index in [1.165, 1.54) is 0 Å². The number of unbranched alkanes of at least 4 members (excludes halogenated alkanes) is 2.